The monoisotopic (exact) mass is 472 g/mol. The molecule has 0 fully saturated rings. The molecule has 7 rings (SSSR count). The molecule has 2 heterocycles. The molecule has 1 aliphatic carbocycles. The fourth-order valence-electron chi connectivity index (χ4n) is 5.51. The van der Waals surface area contributed by atoms with Gasteiger partial charge >= 0.3 is 0 Å². The molecular weight excluding hydrogens is 452 g/mol. The van der Waals surface area contributed by atoms with Gasteiger partial charge in [0.2, 0.25) is 5.28 Å². The maximum Gasteiger partial charge on any atom is 0.223 e. The van der Waals surface area contributed by atoms with Crippen molar-refractivity contribution in [2.75, 3.05) is 0 Å². The van der Waals surface area contributed by atoms with E-state index in [2.05, 4.69) is 78.4 Å². The molecule has 0 saturated heterocycles. The van der Waals surface area contributed by atoms with Crippen LogP contribution in [0.3, 0.4) is 0 Å². The molecule has 2 aromatic heterocycles. The lowest BCUT2D eigenvalue weighted by atomic mass is 9.80. The first-order valence-electron chi connectivity index (χ1n) is 11.7. The van der Waals surface area contributed by atoms with E-state index in [0.717, 1.165) is 61.1 Å². The highest BCUT2D eigenvalue weighted by Gasteiger charge is 2.40. The molecule has 0 radical (unpaired) electrons. The Bertz CT molecular complexity index is 1780. The van der Waals surface area contributed by atoms with Crippen molar-refractivity contribution in [2.24, 2.45) is 0 Å². The van der Waals surface area contributed by atoms with Gasteiger partial charge in [0.1, 0.15) is 11.2 Å². The number of aromatic nitrogens is 2. The van der Waals surface area contributed by atoms with E-state index in [1.54, 1.807) is 0 Å². The molecule has 0 spiro atoms. The minimum atomic E-state index is -0.278. The Balaban J connectivity index is 1.40. The maximum atomic E-state index is 6.42. The highest BCUT2D eigenvalue weighted by Crippen LogP contribution is 2.52. The topological polar surface area (TPSA) is 38.9 Å². The first kappa shape index (κ1) is 20.4. The third-order valence-corrected chi connectivity index (χ3v) is 7.38. The highest BCUT2D eigenvalue weighted by atomic mass is 35.5. The van der Waals surface area contributed by atoms with Crippen LogP contribution in [-0.2, 0) is 5.41 Å². The van der Waals surface area contributed by atoms with Crippen LogP contribution in [0.15, 0.2) is 95.4 Å². The molecule has 4 aromatic carbocycles. The lowest BCUT2D eigenvalue weighted by Gasteiger charge is -2.24. The van der Waals surface area contributed by atoms with E-state index in [0.29, 0.717) is 0 Å². The molecular formula is C31H21ClN2O. The van der Waals surface area contributed by atoms with Gasteiger partial charge in [0, 0.05) is 32.9 Å². The Kier molecular flexibility index (Phi) is 4.24. The Morgan fingerprint density at radius 1 is 0.657 bits per heavy atom. The maximum absolute atomic E-state index is 6.42. The van der Waals surface area contributed by atoms with Gasteiger partial charge in [0.25, 0.3) is 0 Å². The van der Waals surface area contributed by atoms with Crippen LogP contribution in [0.4, 0.5) is 0 Å². The summed E-state index contributed by atoms with van der Waals surface area (Å²) in [5, 5.41) is 2.55. The number of nitrogens with zero attached hydrogens (tertiary/aromatic N) is 2. The van der Waals surface area contributed by atoms with Gasteiger partial charge in [-0.15, -0.1) is 0 Å². The van der Waals surface area contributed by atoms with E-state index in [9.17, 15) is 0 Å². The fraction of sp³-hybridized carbons (Fsp3) is 0.0968. The van der Waals surface area contributed by atoms with E-state index in [4.69, 9.17) is 16.0 Å². The molecule has 0 amide bonds. The molecule has 0 saturated carbocycles. The zero-order chi connectivity index (χ0) is 23.7. The molecule has 0 aliphatic heterocycles. The van der Waals surface area contributed by atoms with E-state index in [-0.39, 0.29) is 10.7 Å². The number of halogens is 1. The molecule has 0 unspecified atom stereocenters. The van der Waals surface area contributed by atoms with Gasteiger partial charge in [-0.1, -0.05) is 80.6 Å². The van der Waals surface area contributed by atoms with Gasteiger partial charge in [-0.3, -0.25) is 0 Å². The third-order valence-electron chi connectivity index (χ3n) is 7.21. The van der Waals surface area contributed by atoms with Crippen LogP contribution in [-0.4, -0.2) is 9.97 Å². The summed E-state index contributed by atoms with van der Waals surface area (Å²) in [6.07, 6.45) is 0. The number of furan rings is 1. The summed E-state index contributed by atoms with van der Waals surface area (Å²) in [5.74, 6) is 0. The predicted octanol–water partition coefficient (Wildman–Crippen LogP) is 8.67. The van der Waals surface area contributed by atoms with Crippen molar-refractivity contribution in [3.8, 4) is 33.6 Å². The van der Waals surface area contributed by atoms with Crippen LogP contribution in [0.25, 0.3) is 55.6 Å². The molecule has 168 valence electrons. The Morgan fingerprint density at radius 3 is 2.20 bits per heavy atom. The van der Waals surface area contributed by atoms with Crippen LogP contribution >= 0.6 is 11.6 Å². The summed E-state index contributed by atoms with van der Waals surface area (Å²) < 4.78 is 6.14. The Morgan fingerprint density at radius 2 is 1.34 bits per heavy atom. The minimum absolute atomic E-state index is 0.269. The fourth-order valence-corrected chi connectivity index (χ4v) is 5.68. The number of para-hydroxylation sites is 1. The van der Waals surface area contributed by atoms with Crippen LogP contribution in [0.1, 0.15) is 25.0 Å². The largest absolute Gasteiger partial charge is 0.456 e. The van der Waals surface area contributed by atoms with Crippen molar-refractivity contribution in [3.63, 3.8) is 0 Å². The van der Waals surface area contributed by atoms with Crippen molar-refractivity contribution < 1.29 is 4.42 Å². The highest BCUT2D eigenvalue weighted by molar-refractivity contribution is 6.28. The number of benzene rings is 4. The third kappa shape index (κ3) is 2.98. The van der Waals surface area contributed by atoms with Gasteiger partial charge in [0.05, 0.1) is 11.4 Å². The normalized spacial score (nSPS) is 13.8. The van der Waals surface area contributed by atoms with Gasteiger partial charge in [0.15, 0.2) is 0 Å². The number of hydrogen-bond acceptors (Lipinski definition) is 3. The molecule has 0 bridgehead atoms. The van der Waals surface area contributed by atoms with Crippen LogP contribution < -0.4 is 0 Å². The minimum Gasteiger partial charge on any atom is -0.456 e. The average molecular weight is 473 g/mol. The lowest BCUT2D eigenvalue weighted by molar-refractivity contribution is 0.658. The number of hydrogen-bond donors (Lipinski definition) is 0. The molecule has 0 atom stereocenters. The van der Waals surface area contributed by atoms with Crippen molar-refractivity contribution >= 4 is 33.5 Å². The summed E-state index contributed by atoms with van der Waals surface area (Å²) in [4.78, 5) is 9.35. The molecule has 4 heteroatoms. The van der Waals surface area contributed by atoms with Crippen molar-refractivity contribution in [3.05, 3.63) is 107 Å². The van der Waals surface area contributed by atoms with Crippen LogP contribution in [0, 0.1) is 0 Å². The van der Waals surface area contributed by atoms with Gasteiger partial charge in [-0.25, -0.2) is 9.97 Å². The van der Waals surface area contributed by atoms with E-state index in [1.807, 2.05) is 36.4 Å². The molecule has 1 aliphatic rings. The quantitative estimate of drug-likeness (QED) is 0.236. The summed E-state index contributed by atoms with van der Waals surface area (Å²) in [6.45, 7) is 4.49. The second-order valence-electron chi connectivity index (χ2n) is 9.63. The predicted molar refractivity (Wildman–Crippen MR) is 143 cm³/mol. The van der Waals surface area contributed by atoms with Gasteiger partial charge in [-0.05, 0) is 52.6 Å². The summed E-state index contributed by atoms with van der Waals surface area (Å²) in [6, 6.07) is 31.5. The van der Waals surface area contributed by atoms with Crippen molar-refractivity contribution in [1.82, 2.24) is 9.97 Å². The Labute approximate surface area is 208 Å². The van der Waals surface area contributed by atoms with E-state index in [1.165, 1.54) is 5.56 Å². The standard InChI is InChI=1S/C31H21ClN2O/c1-31(2)24-16-19(20-12-14-22-21-10-6-7-11-25(21)35-26(22)17-20)13-15-23(24)29-27(31)28(33-30(32)34-29)18-8-4-3-5-9-18/h3-17H,1-2H3. The van der Waals surface area contributed by atoms with Crippen LogP contribution in [0.2, 0.25) is 5.28 Å². The molecule has 6 aromatic rings. The molecule has 35 heavy (non-hydrogen) atoms. The second kappa shape index (κ2) is 7.27. The van der Waals surface area contributed by atoms with Crippen molar-refractivity contribution in [2.45, 2.75) is 19.3 Å². The molecule has 0 N–H and O–H groups in total. The average Bonchev–Trinajstić information content (AvgIpc) is 3.36. The zero-order valence-corrected chi connectivity index (χ0v) is 20.1. The van der Waals surface area contributed by atoms with Gasteiger partial charge < -0.3 is 4.42 Å². The van der Waals surface area contributed by atoms with Crippen LogP contribution in [0.5, 0.6) is 0 Å². The SMILES string of the molecule is CC1(C)c2cc(-c3ccc4c(c3)oc3ccccc34)ccc2-c2nc(Cl)nc(-c3ccccc3)c21. The first-order chi connectivity index (χ1) is 17.0. The number of rotatable bonds is 2. The number of fused-ring (bicyclic) bond motifs is 6. The summed E-state index contributed by atoms with van der Waals surface area (Å²) in [7, 11) is 0. The summed E-state index contributed by atoms with van der Waals surface area (Å²) >= 11 is 6.42. The van der Waals surface area contributed by atoms with Crippen molar-refractivity contribution in [1.29, 1.82) is 0 Å². The van der Waals surface area contributed by atoms with E-state index >= 15 is 0 Å². The summed E-state index contributed by atoms with van der Waals surface area (Å²) in [5.41, 5.74) is 10.1. The smallest absolute Gasteiger partial charge is 0.223 e. The molecule has 3 nitrogen and oxygen atoms in total. The second-order valence-corrected chi connectivity index (χ2v) is 9.96. The zero-order valence-electron chi connectivity index (χ0n) is 19.3. The first-order valence-corrected chi connectivity index (χ1v) is 12.1. The van der Waals surface area contributed by atoms with Gasteiger partial charge in [-0.2, -0.15) is 0 Å². The Hall–Kier alpha value is -3.95. The lowest BCUT2D eigenvalue weighted by Crippen LogP contribution is -2.17. The van der Waals surface area contributed by atoms with E-state index < -0.39 is 0 Å².